The second kappa shape index (κ2) is 16.5. The second-order valence-electron chi connectivity index (χ2n) is 8.83. The van der Waals surface area contributed by atoms with Crippen molar-refractivity contribution in [2.45, 2.75) is 32.5 Å². The Morgan fingerprint density at radius 3 is 1.60 bits per heavy atom. The fourth-order valence-corrected chi connectivity index (χ4v) is 30.5. The Hall–Kier alpha value is 1.17. The molecule has 262 valence electrons. The van der Waals surface area contributed by atoms with E-state index in [0.29, 0.717) is 0 Å². The van der Waals surface area contributed by atoms with Crippen molar-refractivity contribution >= 4 is 99.0 Å². The number of hydrogen-bond donors (Lipinski definition) is 7. The lowest BCUT2D eigenvalue weighted by molar-refractivity contribution is -0.138. The Morgan fingerprint density at radius 2 is 1.18 bits per heavy atom. The molecule has 2 aliphatic heterocycles. The van der Waals surface area contributed by atoms with Crippen LogP contribution in [0.5, 0.6) is 0 Å². The van der Waals surface area contributed by atoms with Crippen molar-refractivity contribution in [1.82, 2.24) is 4.98 Å². The summed E-state index contributed by atoms with van der Waals surface area (Å²) in [6.45, 7) is 4.52. The minimum Gasteiger partial charge on any atom is -0.488 e. The quantitative estimate of drug-likeness (QED) is 0.0906. The first-order valence-corrected chi connectivity index (χ1v) is 27.9. The van der Waals surface area contributed by atoms with Crippen LogP contribution < -0.4 is 4.98 Å². The monoisotopic (exact) mass is 813 g/mol. The molecule has 2 fully saturated rings. The third kappa shape index (κ3) is 11.6. The van der Waals surface area contributed by atoms with Crippen LogP contribution >= 0.6 is 0 Å². The highest BCUT2D eigenvalue weighted by Crippen LogP contribution is 2.31. The predicted molar refractivity (Wildman–Crippen MR) is 152 cm³/mol. The van der Waals surface area contributed by atoms with E-state index < -0.39 is 105 Å². The summed E-state index contributed by atoms with van der Waals surface area (Å²) in [4.78, 5) is 67.6. The van der Waals surface area contributed by atoms with Gasteiger partial charge in [-0.15, -0.1) is 0 Å². The molecule has 2 rings (SSSR count). The first kappa shape index (κ1) is 42.3. The van der Waals surface area contributed by atoms with Crippen molar-refractivity contribution in [3.63, 3.8) is 0 Å². The molecule has 0 amide bonds. The number of carboxylic acid groups (broad SMARTS) is 1. The highest BCUT2D eigenvalue weighted by molar-refractivity contribution is 6.85. The van der Waals surface area contributed by atoms with Crippen LogP contribution in [-0.4, -0.2) is 177 Å². The number of hydrogen-bond acceptors (Lipinski definition) is 23. The highest BCUT2D eigenvalue weighted by atomic mass is 28.5. The van der Waals surface area contributed by atoms with Crippen molar-refractivity contribution in [3.05, 3.63) is 0 Å². The van der Waals surface area contributed by atoms with Gasteiger partial charge in [-0.1, -0.05) is 6.92 Å². The summed E-state index contributed by atoms with van der Waals surface area (Å²) in [5.74, 6) is -1.22. The molecule has 0 spiro atoms. The van der Waals surface area contributed by atoms with E-state index in [1.807, 2.05) is 0 Å². The molecule has 7 N–H and O–H groups in total. The number of fused-ring (bicyclic) bond motifs is 2. The molecule has 24 nitrogen and oxygen atoms in total. The second-order valence-corrected chi connectivity index (χ2v) is 31.1. The van der Waals surface area contributed by atoms with E-state index in [-0.39, 0.29) is 6.04 Å². The molecule has 45 heavy (non-hydrogen) atoms. The zero-order valence-corrected chi connectivity index (χ0v) is 34.9. The van der Waals surface area contributed by atoms with Crippen molar-refractivity contribution in [1.29, 1.82) is 0 Å². The summed E-state index contributed by atoms with van der Waals surface area (Å²) in [7, 11) is -27.7. The maximum Gasteiger partial charge on any atom is 0.886 e. The molecular formula is C12H37Al2NO23Si7. The number of rotatable bonds is 12. The molecule has 33 heteroatoms. The minimum atomic E-state index is -5.76. The lowest BCUT2D eigenvalue weighted by atomic mass is 10.4. The van der Waals surface area contributed by atoms with E-state index in [1.54, 1.807) is 6.92 Å². The van der Waals surface area contributed by atoms with Crippen LogP contribution in [0.3, 0.4) is 0 Å². The van der Waals surface area contributed by atoms with Gasteiger partial charge in [0.1, 0.15) is 0 Å². The van der Waals surface area contributed by atoms with Crippen LogP contribution in [0.4, 0.5) is 0 Å². The minimum absolute atomic E-state index is 0.173. The number of carboxylic acids is 1. The van der Waals surface area contributed by atoms with E-state index in [0.717, 1.165) is 42.7 Å². The maximum atomic E-state index is 11.6. The van der Waals surface area contributed by atoms with Crippen LogP contribution in [0.15, 0.2) is 0 Å². The van der Waals surface area contributed by atoms with Crippen molar-refractivity contribution in [3.8, 4) is 0 Å². The average molecular weight is 814 g/mol. The van der Waals surface area contributed by atoms with Gasteiger partial charge in [-0.05, 0) is 19.5 Å². The van der Waals surface area contributed by atoms with Gasteiger partial charge in [-0.25, -0.2) is 0 Å². The van der Waals surface area contributed by atoms with Gasteiger partial charge in [0, 0.05) is 42.7 Å². The van der Waals surface area contributed by atoms with E-state index in [2.05, 4.69) is 9.10 Å². The predicted octanol–water partition coefficient (Wildman–Crippen LogP) is -5.24. The molecule has 0 saturated carbocycles. The van der Waals surface area contributed by atoms with Gasteiger partial charge >= 0.3 is 90.6 Å². The Balaban J connectivity index is 2.75. The number of aliphatic carboxylic acids is 1. The van der Waals surface area contributed by atoms with Crippen LogP contribution in [0.25, 0.3) is 0 Å². The fraction of sp³-hybridized carbons (Fsp3) is 0.917. The largest absolute Gasteiger partial charge is 0.886 e. The van der Waals surface area contributed by atoms with E-state index in [4.69, 9.17) is 59.8 Å². The molecule has 2 bridgehead atoms. The summed E-state index contributed by atoms with van der Waals surface area (Å²) in [6, 6.07) is -0.965. The van der Waals surface area contributed by atoms with Crippen LogP contribution in [0, 0.1) is 0 Å². The zero-order chi connectivity index (χ0) is 34.5. The van der Waals surface area contributed by atoms with Crippen LogP contribution in [0.2, 0.25) is 12.6 Å². The molecular weight excluding hydrogens is 777 g/mol. The lowest BCUT2D eigenvalue weighted by Gasteiger charge is -2.42. The first-order chi connectivity index (χ1) is 20.7. The summed E-state index contributed by atoms with van der Waals surface area (Å²) >= 11 is -8.32. The smallest absolute Gasteiger partial charge is 0.488 e. The van der Waals surface area contributed by atoms with Crippen LogP contribution in [-0.2, 0) is 68.7 Å². The SMILES string of the molecule is CC[Si](C)(NC(C)C(=O)O)[O][Al]1[O][Si](O)(O)O[Si]2(O)[O][Al]([O][Si](O)(O)O2)[O][Si](OC)(OC)O[Si](OC)(OC)O[Si](OC)(OC)[O]1. The summed E-state index contributed by atoms with van der Waals surface area (Å²) in [5, 5.41) is 9.44. The molecule has 2 aliphatic rings. The lowest BCUT2D eigenvalue weighted by Crippen LogP contribution is -2.74. The molecule has 3 unspecified atom stereocenters. The highest BCUT2D eigenvalue weighted by Gasteiger charge is 2.74. The van der Waals surface area contributed by atoms with Gasteiger partial charge in [0.05, 0.1) is 6.04 Å². The van der Waals surface area contributed by atoms with E-state index in [1.165, 1.54) is 13.5 Å². The Kier molecular flexibility index (Phi) is 15.5. The van der Waals surface area contributed by atoms with Gasteiger partial charge < -0.3 is 97.9 Å². The van der Waals surface area contributed by atoms with Gasteiger partial charge in [0.15, 0.2) is 0 Å². The Morgan fingerprint density at radius 1 is 0.733 bits per heavy atom. The standard InChI is InChI=1S/C6H14NO3Si.C6H18O10Si3.2Al.H5O10Si3/c1-4-11(3,10)7-5(2)6(8)9;1-9-17(7,10-2)15-19(13-5,14-6)16-18(8,11-3)12-4;;;1-11(2,3)9-13(7,8)10-12(4,5)6/h5,7H,4H2,1-3H3,(H,8,9);1-6H3;;;1-2,4-5,7H/q-1;-2;2*+3;-3. The molecule has 2 saturated heterocycles. The molecule has 0 aromatic carbocycles. The number of nitrogens with one attached hydrogen (secondary N) is 1. The van der Waals surface area contributed by atoms with Gasteiger partial charge in [-0.2, -0.15) is 0 Å². The van der Waals surface area contributed by atoms with Crippen molar-refractivity contribution in [2.75, 3.05) is 42.7 Å². The third-order valence-corrected chi connectivity index (χ3v) is 31.9. The molecule has 3 atom stereocenters. The van der Waals surface area contributed by atoms with Gasteiger partial charge in [-0.3, -0.25) is 4.79 Å². The fourth-order valence-electron chi connectivity index (χ4n) is 3.31. The molecule has 0 aliphatic carbocycles. The Bertz CT molecular complexity index is 983. The zero-order valence-electron chi connectivity index (χ0n) is 25.6. The topological polar surface area (TPSA) is 298 Å². The normalized spacial score (nSPS) is 28.5. The van der Waals surface area contributed by atoms with Crippen molar-refractivity contribution in [2.24, 2.45) is 0 Å². The molecule has 0 radical (unpaired) electrons. The molecule has 2 heterocycles. The average Bonchev–Trinajstić information content (AvgIpc) is 2.93. The van der Waals surface area contributed by atoms with E-state index >= 15 is 0 Å². The third-order valence-electron chi connectivity index (χ3n) is 5.67. The summed E-state index contributed by atoms with van der Waals surface area (Å²) in [6.07, 6.45) is 0. The van der Waals surface area contributed by atoms with Gasteiger partial charge in [0.2, 0.25) is 8.48 Å². The van der Waals surface area contributed by atoms with E-state index in [9.17, 15) is 33.9 Å². The summed E-state index contributed by atoms with van der Waals surface area (Å²) < 4.78 is 87.0. The van der Waals surface area contributed by atoms with Crippen LogP contribution in [0.1, 0.15) is 13.8 Å². The Labute approximate surface area is 275 Å². The van der Waals surface area contributed by atoms with Crippen molar-refractivity contribution < 1.29 is 97.8 Å². The summed E-state index contributed by atoms with van der Waals surface area (Å²) in [5.41, 5.74) is 0. The maximum absolute atomic E-state index is 11.6. The first-order valence-electron chi connectivity index (χ1n) is 12.5. The number of carbonyl (C=O) groups is 1. The van der Waals surface area contributed by atoms with Gasteiger partial charge in [0.25, 0.3) is 0 Å². The molecule has 0 aromatic heterocycles. The molecule has 0 aromatic rings.